The summed E-state index contributed by atoms with van der Waals surface area (Å²) in [4.78, 5) is 0. The van der Waals surface area contributed by atoms with E-state index in [4.69, 9.17) is 4.74 Å². The summed E-state index contributed by atoms with van der Waals surface area (Å²) in [6.45, 7) is 7.69. The molecule has 2 N–H and O–H groups in total. The van der Waals surface area contributed by atoms with Crippen LogP contribution in [0.1, 0.15) is 45.6 Å². The lowest BCUT2D eigenvalue weighted by Gasteiger charge is -2.15. The van der Waals surface area contributed by atoms with Crippen LogP contribution in [0.3, 0.4) is 0 Å². The van der Waals surface area contributed by atoms with Crippen LogP contribution in [-0.2, 0) is 6.54 Å². The molecule has 0 saturated carbocycles. The summed E-state index contributed by atoms with van der Waals surface area (Å²) in [5.41, 5.74) is 1.24. The Bertz CT molecular complexity index is 335. The quantitative estimate of drug-likeness (QED) is 0.674. The Morgan fingerprint density at radius 3 is 2.47 bits per heavy atom. The zero-order valence-corrected chi connectivity index (χ0v) is 12.4. The van der Waals surface area contributed by atoms with Gasteiger partial charge in [0.25, 0.3) is 0 Å². The number of rotatable bonds is 9. The van der Waals surface area contributed by atoms with E-state index in [9.17, 15) is 5.11 Å². The number of hydrogen-bond donors (Lipinski definition) is 2. The van der Waals surface area contributed by atoms with Gasteiger partial charge in [0, 0.05) is 12.6 Å². The number of aliphatic hydroxyl groups excluding tert-OH is 1. The third kappa shape index (κ3) is 7.19. The van der Waals surface area contributed by atoms with Crippen LogP contribution in [0.2, 0.25) is 0 Å². The number of unbranched alkanes of at least 4 members (excludes halogenated alkanes) is 1. The Morgan fingerprint density at radius 2 is 1.89 bits per heavy atom. The largest absolute Gasteiger partial charge is 0.494 e. The number of ether oxygens (including phenoxy) is 1. The van der Waals surface area contributed by atoms with Crippen molar-refractivity contribution in [1.29, 1.82) is 0 Å². The zero-order valence-electron chi connectivity index (χ0n) is 12.4. The average Bonchev–Trinajstić information content (AvgIpc) is 2.37. The van der Waals surface area contributed by atoms with Gasteiger partial charge in [0.1, 0.15) is 5.75 Å². The predicted molar refractivity (Wildman–Crippen MR) is 79.4 cm³/mol. The average molecular weight is 265 g/mol. The second kappa shape index (κ2) is 8.94. The molecule has 3 nitrogen and oxygen atoms in total. The summed E-state index contributed by atoms with van der Waals surface area (Å²) in [6.07, 6.45) is 2.78. The molecule has 0 amide bonds. The highest BCUT2D eigenvalue weighted by Crippen LogP contribution is 2.13. The van der Waals surface area contributed by atoms with E-state index < -0.39 is 0 Å². The van der Waals surface area contributed by atoms with Crippen LogP contribution in [0.5, 0.6) is 5.75 Å². The maximum absolute atomic E-state index is 9.30. The van der Waals surface area contributed by atoms with Crippen LogP contribution in [-0.4, -0.2) is 23.9 Å². The summed E-state index contributed by atoms with van der Waals surface area (Å²) in [5, 5.41) is 12.7. The number of aliphatic hydroxyl groups is 1. The van der Waals surface area contributed by atoms with Gasteiger partial charge in [-0.15, -0.1) is 0 Å². The van der Waals surface area contributed by atoms with E-state index >= 15 is 0 Å². The highest BCUT2D eigenvalue weighted by atomic mass is 16.5. The molecule has 2 unspecified atom stereocenters. The first kappa shape index (κ1) is 16.0. The molecular weight excluding hydrogens is 238 g/mol. The second-order valence-corrected chi connectivity index (χ2v) is 5.21. The van der Waals surface area contributed by atoms with E-state index in [1.54, 1.807) is 0 Å². The van der Waals surface area contributed by atoms with Crippen LogP contribution >= 0.6 is 0 Å². The Balaban J connectivity index is 2.31. The zero-order chi connectivity index (χ0) is 14.1. The topological polar surface area (TPSA) is 41.5 Å². The van der Waals surface area contributed by atoms with Gasteiger partial charge in [-0.1, -0.05) is 25.5 Å². The summed E-state index contributed by atoms with van der Waals surface area (Å²) >= 11 is 0. The minimum atomic E-state index is -0.253. The van der Waals surface area contributed by atoms with Crippen molar-refractivity contribution in [2.75, 3.05) is 6.61 Å². The third-order valence-corrected chi connectivity index (χ3v) is 3.04. The molecule has 1 aromatic rings. The standard InChI is InChI=1S/C16H27NO2/c1-4-5-10-19-16-8-6-15(7-9-16)12-17-13(2)11-14(3)18/h6-9,13-14,17-18H,4-5,10-12H2,1-3H3. The summed E-state index contributed by atoms with van der Waals surface area (Å²) < 4.78 is 5.63. The van der Waals surface area contributed by atoms with Gasteiger partial charge < -0.3 is 15.2 Å². The Kier molecular flexibility index (Phi) is 7.53. The van der Waals surface area contributed by atoms with E-state index in [0.29, 0.717) is 6.04 Å². The first-order valence-electron chi connectivity index (χ1n) is 7.25. The van der Waals surface area contributed by atoms with Gasteiger partial charge in [-0.2, -0.15) is 0 Å². The normalized spacial score (nSPS) is 14.1. The van der Waals surface area contributed by atoms with Crippen molar-refractivity contribution in [1.82, 2.24) is 5.32 Å². The van der Waals surface area contributed by atoms with Crippen molar-refractivity contribution in [3.05, 3.63) is 29.8 Å². The number of hydrogen-bond acceptors (Lipinski definition) is 3. The van der Waals surface area contributed by atoms with Crippen molar-refractivity contribution in [3.8, 4) is 5.75 Å². The molecule has 0 aliphatic rings. The van der Waals surface area contributed by atoms with E-state index in [-0.39, 0.29) is 6.10 Å². The molecule has 0 aliphatic heterocycles. The molecule has 19 heavy (non-hydrogen) atoms. The van der Waals surface area contributed by atoms with E-state index in [1.165, 1.54) is 5.56 Å². The van der Waals surface area contributed by atoms with Crippen molar-refractivity contribution >= 4 is 0 Å². The fourth-order valence-electron chi connectivity index (χ4n) is 1.92. The van der Waals surface area contributed by atoms with Gasteiger partial charge >= 0.3 is 0 Å². The van der Waals surface area contributed by atoms with Crippen molar-refractivity contribution < 1.29 is 9.84 Å². The Labute approximate surface area is 117 Å². The summed E-state index contributed by atoms with van der Waals surface area (Å²) in [7, 11) is 0. The minimum Gasteiger partial charge on any atom is -0.494 e. The van der Waals surface area contributed by atoms with Crippen molar-refractivity contribution in [2.24, 2.45) is 0 Å². The minimum absolute atomic E-state index is 0.253. The Hall–Kier alpha value is -1.06. The molecule has 0 spiro atoms. The molecule has 0 bridgehead atoms. The highest BCUT2D eigenvalue weighted by molar-refractivity contribution is 5.27. The van der Waals surface area contributed by atoms with Gasteiger partial charge in [-0.3, -0.25) is 0 Å². The van der Waals surface area contributed by atoms with Gasteiger partial charge in [0.05, 0.1) is 12.7 Å². The van der Waals surface area contributed by atoms with E-state index in [0.717, 1.165) is 38.2 Å². The monoisotopic (exact) mass is 265 g/mol. The Morgan fingerprint density at radius 1 is 1.21 bits per heavy atom. The lowest BCUT2D eigenvalue weighted by Crippen LogP contribution is -2.28. The van der Waals surface area contributed by atoms with Gasteiger partial charge in [0.15, 0.2) is 0 Å². The smallest absolute Gasteiger partial charge is 0.119 e. The van der Waals surface area contributed by atoms with Crippen LogP contribution < -0.4 is 10.1 Å². The van der Waals surface area contributed by atoms with Crippen LogP contribution in [0.4, 0.5) is 0 Å². The fourth-order valence-corrected chi connectivity index (χ4v) is 1.92. The van der Waals surface area contributed by atoms with E-state index in [2.05, 4.69) is 31.3 Å². The molecule has 0 heterocycles. The lowest BCUT2D eigenvalue weighted by molar-refractivity contribution is 0.170. The molecule has 0 fully saturated rings. The first-order chi connectivity index (χ1) is 9.11. The van der Waals surface area contributed by atoms with E-state index in [1.807, 2.05) is 19.1 Å². The molecule has 1 aromatic carbocycles. The second-order valence-electron chi connectivity index (χ2n) is 5.21. The van der Waals surface area contributed by atoms with Gasteiger partial charge in [-0.25, -0.2) is 0 Å². The van der Waals surface area contributed by atoms with Crippen molar-refractivity contribution in [2.45, 2.75) is 58.7 Å². The molecule has 108 valence electrons. The highest BCUT2D eigenvalue weighted by Gasteiger charge is 2.05. The van der Waals surface area contributed by atoms with Crippen molar-refractivity contribution in [3.63, 3.8) is 0 Å². The summed E-state index contributed by atoms with van der Waals surface area (Å²) in [6, 6.07) is 8.53. The van der Waals surface area contributed by atoms with Gasteiger partial charge in [0.2, 0.25) is 0 Å². The summed E-state index contributed by atoms with van der Waals surface area (Å²) in [5.74, 6) is 0.939. The molecule has 3 heteroatoms. The molecule has 0 aliphatic carbocycles. The molecule has 0 saturated heterocycles. The molecule has 0 radical (unpaired) electrons. The van der Waals surface area contributed by atoms with Gasteiger partial charge in [-0.05, 0) is 44.4 Å². The molecular formula is C16H27NO2. The molecule has 0 aromatic heterocycles. The first-order valence-corrected chi connectivity index (χ1v) is 7.25. The third-order valence-electron chi connectivity index (χ3n) is 3.04. The molecule has 1 rings (SSSR count). The SMILES string of the molecule is CCCCOc1ccc(CNC(C)CC(C)O)cc1. The van der Waals surface area contributed by atoms with Crippen LogP contribution in [0, 0.1) is 0 Å². The van der Waals surface area contributed by atoms with Crippen LogP contribution in [0.25, 0.3) is 0 Å². The predicted octanol–water partition coefficient (Wildman–Crippen LogP) is 3.11. The number of benzene rings is 1. The molecule has 2 atom stereocenters. The maximum atomic E-state index is 9.30. The number of nitrogens with one attached hydrogen (secondary N) is 1. The maximum Gasteiger partial charge on any atom is 0.119 e. The lowest BCUT2D eigenvalue weighted by atomic mass is 10.1. The van der Waals surface area contributed by atoms with Crippen LogP contribution in [0.15, 0.2) is 24.3 Å². The fraction of sp³-hybridized carbons (Fsp3) is 0.625.